The highest BCUT2D eigenvalue weighted by atomic mass is 32.2. The maximum Gasteiger partial charge on any atom is 0.321 e. The highest BCUT2D eigenvalue weighted by molar-refractivity contribution is 7.89. The molecule has 2 rings (SSSR count). The van der Waals surface area contributed by atoms with Crippen LogP contribution in [0.3, 0.4) is 0 Å². The molecule has 0 spiro atoms. The molecule has 0 fully saturated rings. The van der Waals surface area contributed by atoms with E-state index in [0.29, 0.717) is 5.69 Å². The van der Waals surface area contributed by atoms with Crippen LogP contribution < -0.4 is 5.32 Å². The molecule has 2 aromatic rings. The Balaban J connectivity index is 1.89. The van der Waals surface area contributed by atoms with Crippen molar-refractivity contribution in [2.45, 2.75) is 18.7 Å². The summed E-state index contributed by atoms with van der Waals surface area (Å²) in [5, 5.41) is 2.62. The number of carbonyl (C=O) groups excluding carboxylic acids is 2. The summed E-state index contributed by atoms with van der Waals surface area (Å²) in [6.45, 7) is 2.63. The van der Waals surface area contributed by atoms with E-state index in [4.69, 9.17) is 4.74 Å². The minimum Gasteiger partial charge on any atom is -0.455 e. The van der Waals surface area contributed by atoms with E-state index in [-0.39, 0.29) is 4.90 Å². The Morgan fingerprint density at radius 1 is 1.11 bits per heavy atom. The molecule has 0 radical (unpaired) electrons. The van der Waals surface area contributed by atoms with E-state index in [2.05, 4.69) is 5.32 Å². The first-order valence-electron chi connectivity index (χ1n) is 8.34. The van der Waals surface area contributed by atoms with Gasteiger partial charge in [0.2, 0.25) is 10.0 Å². The molecule has 0 saturated heterocycles. The molecular weight excluding hydrogens is 387 g/mol. The number of amides is 1. The lowest BCUT2D eigenvalue weighted by Crippen LogP contribution is -2.34. The maximum absolute atomic E-state index is 12.9. The lowest BCUT2D eigenvalue weighted by Gasteiger charge is -2.16. The summed E-state index contributed by atoms with van der Waals surface area (Å²) in [5.41, 5.74) is 2.51. The zero-order valence-electron chi connectivity index (χ0n) is 15.7. The van der Waals surface area contributed by atoms with Gasteiger partial charge in [-0.15, -0.1) is 0 Å². The maximum atomic E-state index is 12.9. The Kier molecular flexibility index (Phi) is 6.87. The molecule has 1 N–H and O–H groups in total. The van der Waals surface area contributed by atoms with Crippen molar-refractivity contribution in [3.63, 3.8) is 0 Å². The van der Waals surface area contributed by atoms with E-state index >= 15 is 0 Å². The summed E-state index contributed by atoms with van der Waals surface area (Å²) in [4.78, 5) is 23.7. The van der Waals surface area contributed by atoms with Crippen LogP contribution in [0.15, 0.2) is 47.4 Å². The minimum absolute atomic E-state index is 0.156. The van der Waals surface area contributed by atoms with E-state index in [0.717, 1.165) is 39.7 Å². The van der Waals surface area contributed by atoms with Gasteiger partial charge < -0.3 is 10.1 Å². The van der Waals surface area contributed by atoms with Gasteiger partial charge >= 0.3 is 5.97 Å². The second-order valence-electron chi connectivity index (χ2n) is 6.24. The molecule has 9 heteroatoms. The van der Waals surface area contributed by atoms with Crippen LogP contribution in [-0.4, -0.2) is 44.8 Å². The normalized spacial score (nSPS) is 11.3. The Hall–Kier alpha value is -2.78. The summed E-state index contributed by atoms with van der Waals surface area (Å²) in [6, 6.07) is 9.70. The number of ether oxygens (including phenoxy) is 1. The first kappa shape index (κ1) is 21.5. The van der Waals surface area contributed by atoms with Crippen LogP contribution in [0.1, 0.15) is 11.1 Å². The molecule has 2 aromatic carbocycles. The standard InChI is InChI=1S/C19H21FN2O5S/c1-13-4-9-17(14(2)10-13)21-18(23)12-27-19(24)11-22(3)28(25,26)16-7-5-15(20)6-8-16/h4-10H,11-12H2,1-3H3,(H,21,23). The average molecular weight is 408 g/mol. The average Bonchev–Trinajstić information content (AvgIpc) is 2.62. The molecule has 7 nitrogen and oxygen atoms in total. The molecule has 1 amide bonds. The van der Waals surface area contributed by atoms with Crippen molar-refractivity contribution in [2.75, 3.05) is 25.5 Å². The van der Waals surface area contributed by atoms with Crippen LogP contribution in [0.4, 0.5) is 10.1 Å². The van der Waals surface area contributed by atoms with Gasteiger partial charge in [-0.2, -0.15) is 4.31 Å². The Bertz CT molecular complexity index is 974. The fraction of sp³-hybridized carbons (Fsp3) is 0.263. The number of anilines is 1. The van der Waals surface area contributed by atoms with Crippen molar-refractivity contribution >= 4 is 27.6 Å². The van der Waals surface area contributed by atoms with Gasteiger partial charge in [-0.05, 0) is 49.7 Å². The number of sulfonamides is 1. The molecule has 0 atom stereocenters. The molecule has 0 aliphatic rings. The van der Waals surface area contributed by atoms with Crippen LogP contribution in [0, 0.1) is 19.7 Å². The van der Waals surface area contributed by atoms with Gasteiger partial charge in [0.05, 0.1) is 4.90 Å². The highest BCUT2D eigenvalue weighted by Crippen LogP contribution is 2.16. The summed E-state index contributed by atoms with van der Waals surface area (Å²) < 4.78 is 43.2. The van der Waals surface area contributed by atoms with Crippen molar-refractivity contribution in [3.05, 3.63) is 59.4 Å². The van der Waals surface area contributed by atoms with Gasteiger partial charge in [0, 0.05) is 12.7 Å². The summed E-state index contributed by atoms with van der Waals surface area (Å²) in [6.07, 6.45) is 0. The Morgan fingerprint density at radius 3 is 2.36 bits per heavy atom. The van der Waals surface area contributed by atoms with Gasteiger partial charge in [0.1, 0.15) is 12.4 Å². The zero-order chi connectivity index (χ0) is 20.9. The largest absolute Gasteiger partial charge is 0.455 e. The Morgan fingerprint density at radius 2 is 1.75 bits per heavy atom. The van der Waals surface area contributed by atoms with E-state index < -0.39 is 40.9 Å². The third-order valence-electron chi connectivity index (χ3n) is 3.89. The monoisotopic (exact) mass is 408 g/mol. The van der Waals surface area contributed by atoms with Gasteiger partial charge in [0.25, 0.3) is 5.91 Å². The second-order valence-corrected chi connectivity index (χ2v) is 8.29. The fourth-order valence-corrected chi connectivity index (χ4v) is 3.50. The quantitative estimate of drug-likeness (QED) is 0.710. The molecule has 0 heterocycles. The number of hydrogen-bond acceptors (Lipinski definition) is 5. The van der Waals surface area contributed by atoms with Gasteiger partial charge in [-0.1, -0.05) is 17.7 Å². The number of benzene rings is 2. The first-order chi connectivity index (χ1) is 13.1. The molecule has 0 saturated carbocycles. The van der Waals surface area contributed by atoms with E-state index in [1.165, 1.54) is 7.05 Å². The zero-order valence-corrected chi connectivity index (χ0v) is 16.5. The predicted octanol–water partition coefficient (Wildman–Crippen LogP) is 2.24. The van der Waals surface area contributed by atoms with Crippen molar-refractivity contribution in [3.8, 4) is 0 Å². The number of likely N-dealkylation sites (N-methyl/N-ethyl adjacent to an activating group) is 1. The van der Waals surface area contributed by atoms with Crippen LogP contribution in [-0.2, 0) is 24.3 Å². The summed E-state index contributed by atoms with van der Waals surface area (Å²) in [7, 11) is -2.79. The molecule has 28 heavy (non-hydrogen) atoms. The second kappa shape index (κ2) is 8.94. The molecule has 0 aromatic heterocycles. The smallest absolute Gasteiger partial charge is 0.321 e. The summed E-state index contributed by atoms with van der Waals surface area (Å²) in [5.74, 6) is -2.00. The van der Waals surface area contributed by atoms with Crippen LogP contribution in [0.2, 0.25) is 0 Å². The van der Waals surface area contributed by atoms with Gasteiger partial charge in [-0.3, -0.25) is 9.59 Å². The number of nitrogens with one attached hydrogen (secondary N) is 1. The Labute approximate surface area is 163 Å². The number of halogens is 1. The topological polar surface area (TPSA) is 92.8 Å². The molecule has 0 aliphatic heterocycles. The molecule has 0 bridgehead atoms. The van der Waals surface area contributed by atoms with Crippen LogP contribution in [0.5, 0.6) is 0 Å². The fourth-order valence-electron chi connectivity index (χ4n) is 2.39. The number of carbonyl (C=O) groups is 2. The molecule has 0 unspecified atom stereocenters. The van der Waals surface area contributed by atoms with E-state index in [1.807, 2.05) is 26.0 Å². The third-order valence-corrected chi connectivity index (χ3v) is 5.71. The molecule has 150 valence electrons. The summed E-state index contributed by atoms with van der Waals surface area (Å²) >= 11 is 0. The first-order valence-corrected chi connectivity index (χ1v) is 9.78. The van der Waals surface area contributed by atoms with E-state index in [1.54, 1.807) is 6.07 Å². The third kappa shape index (κ3) is 5.61. The number of hydrogen-bond donors (Lipinski definition) is 1. The van der Waals surface area contributed by atoms with Crippen LogP contribution in [0.25, 0.3) is 0 Å². The van der Waals surface area contributed by atoms with Crippen molar-refractivity contribution < 1.29 is 27.1 Å². The minimum atomic E-state index is -3.98. The van der Waals surface area contributed by atoms with Gasteiger partial charge in [0.15, 0.2) is 6.61 Å². The SMILES string of the molecule is Cc1ccc(NC(=O)COC(=O)CN(C)S(=O)(=O)c2ccc(F)cc2)c(C)c1. The van der Waals surface area contributed by atoms with E-state index in [9.17, 15) is 22.4 Å². The van der Waals surface area contributed by atoms with Crippen molar-refractivity contribution in [2.24, 2.45) is 0 Å². The highest BCUT2D eigenvalue weighted by Gasteiger charge is 2.24. The number of nitrogens with zero attached hydrogens (tertiary/aromatic N) is 1. The van der Waals surface area contributed by atoms with Crippen LogP contribution >= 0.6 is 0 Å². The van der Waals surface area contributed by atoms with Crippen molar-refractivity contribution in [1.29, 1.82) is 0 Å². The lowest BCUT2D eigenvalue weighted by molar-refractivity contribution is -0.147. The number of esters is 1. The number of aryl methyl sites for hydroxylation is 2. The molecule has 0 aliphatic carbocycles. The van der Waals surface area contributed by atoms with Crippen molar-refractivity contribution in [1.82, 2.24) is 4.31 Å². The number of rotatable bonds is 7. The predicted molar refractivity (Wildman–Crippen MR) is 102 cm³/mol. The lowest BCUT2D eigenvalue weighted by atomic mass is 10.1. The van der Waals surface area contributed by atoms with Gasteiger partial charge in [-0.25, -0.2) is 12.8 Å². The molecular formula is C19H21FN2O5S.